The largest absolute Gasteiger partial charge is 0.385 e. The summed E-state index contributed by atoms with van der Waals surface area (Å²) in [6, 6.07) is 0. The van der Waals surface area contributed by atoms with Gasteiger partial charge in [0.2, 0.25) is 0 Å². The minimum atomic E-state index is -0.0669. The second kappa shape index (κ2) is 6.47. The van der Waals surface area contributed by atoms with E-state index in [0.29, 0.717) is 5.92 Å². The zero-order valence-corrected chi connectivity index (χ0v) is 12.4. The number of hydrogen-bond donors (Lipinski definition) is 1. The molecule has 3 nitrogen and oxygen atoms in total. The van der Waals surface area contributed by atoms with Gasteiger partial charge in [0.25, 0.3) is 0 Å². The maximum Gasteiger partial charge on any atom is 0.113 e. The summed E-state index contributed by atoms with van der Waals surface area (Å²) in [5, 5.41) is 6.87. The van der Waals surface area contributed by atoms with Crippen molar-refractivity contribution in [2.24, 2.45) is 0 Å². The van der Waals surface area contributed by atoms with E-state index in [0.717, 1.165) is 19.6 Å². The number of methoxy groups -OCH3 is 1. The van der Waals surface area contributed by atoms with Crippen LogP contribution in [0.5, 0.6) is 0 Å². The van der Waals surface area contributed by atoms with E-state index in [9.17, 15) is 0 Å². The Balaban J connectivity index is 2.87. The molecule has 0 fully saturated rings. The second-order valence-electron chi connectivity index (χ2n) is 4.84. The highest BCUT2D eigenvalue weighted by atomic mass is 32.1. The first-order valence-electron chi connectivity index (χ1n) is 6.23. The molecule has 0 amide bonds. The number of aromatic nitrogens is 1. The van der Waals surface area contributed by atoms with Gasteiger partial charge in [-0.25, -0.2) is 4.98 Å². The minimum Gasteiger partial charge on any atom is -0.385 e. The van der Waals surface area contributed by atoms with Crippen LogP contribution in [0.2, 0.25) is 0 Å². The smallest absolute Gasteiger partial charge is 0.113 e. The molecule has 0 aliphatic heterocycles. The van der Waals surface area contributed by atoms with Gasteiger partial charge in [-0.2, -0.15) is 0 Å². The molecule has 0 saturated carbocycles. The van der Waals surface area contributed by atoms with Crippen molar-refractivity contribution in [1.82, 2.24) is 10.3 Å². The summed E-state index contributed by atoms with van der Waals surface area (Å²) in [7, 11) is 1.74. The number of ether oxygens (including phenoxy) is 1. The van der Waals surface area contributed by atoms with Crippen LogP contribution in [0, 0.1) is 0 Å². The van der Waals surface area contributed by atoms with Crippen LogP contribution in [0.3, 0.4) is 0 Å². The van der Waals surface area contributed by atoms with Crippen molar-refractivity contribution in [2.45, 2.75) is 45.6 Å². The summed E-state index contributed by atoms with van der Waals surface area (Å²) in [5.41, 5.74) is 1.12. The topological polar surface area (TPSA) is 34.1 Å². The van der Waals surface area contributed by atoms with E-state index < -0.39 is 0 Å². The highest BCUT2D eigenvalue weighted by Gasteiger charge is 2.28. The van der Waals surface area contributed by atoms with Crippen molar-refractivity contribution in [3.8, 4) is 0 Å². The SMILES string of the molecule is CCNC(C)(CCOC)c1nc(C(C)C)cs1. The van der Waals surface area contributed by atoms with Crippen molar-refractivity contribution in [1.29, 1.82) is 0 Å². The summed E-state index contributed by atoms with van der Waals surface area (Å²) >= 11 is 1.75. The number of rotatable bonds is 7. The van der Waals surface area contributed by atoms with Gasteiger partial charge in [0.05, 0.1) is 11.2 Å². The molecule has 0 aliphatic carbocycles. The van der Waals surface area contributed by atoms with Gasteiger partial charge in [-0.3, -0.25) is 0 Å². The Hall–Kier alpha value is -0.450. The molecule has 0 saturated heterocycles. The van der Waals surface area contributed by atoms with E-state index >= 15 is 0 Å². The Kier molecular flexibility index (Phi) is 5.56. The van der Waals surface area contributed by atoms with Crippen LogP contribution in [0.1, 0.15) is 50.7 Å². The van der Waals surface area contributed by atoms with Gasteiger partial charge < -0.3 is 10.1 Å². The van der Waals surface area contributed by atoms with Gasteiger partial charge in [0.15, 0.2) is 0 Å². The zero-order chi connectivity index (χ0) is 12.9. The third kappa shape index (κ3) is 3.76. The van der Waals surface area contributed by atoms with Crippen LogP contribution in [0.15, 0.2) is 5.38 Å². The zero-order valence-electron chi connectivity index (χ0n) is 11.5. The summed E-state index contributed by atoms with van der Waals surface area (Å²) in [5.74, 6) is 0.494. The van der Waals surface area contributed by atoms with E-state index in [4.69, 9.17) is 9.72 Å². The molecule has 0 bridgehead atoms. The summed E-state index contributed by atoms with van der Waals surface area (Å²) < 4.78 is 5.20. The quantitative estimate of drug-likeness (QED) is 0.814. The van der Waals surface area contributed by atoms with E-state index in [-0.39, 0.29) is 5.54 Å². The van der Waals surface area contributed by atoms with Crippen LogP contribution in [-0.2, 0) is 10.3 Å². The summed E-state index contributed by atoms with van der Waals surface area (Å²) in [6.45, 7) is 10.4. The first kappa shape index (κ1) is 14.6. The van der Waals surface area contributed by atoms with Crippen molar-refractivity contribution in [2.75, 3.05) is 20.3 Å². The standard InChI is InChI=1S/C13H24N2OS/c1-6-14-13(4,7-8-16-5)12-15-11(9-17-12)10(2)3/h9-10,14H,6-8H2,1-5H3. The fourth-order valence-corrected chi connectivity index (χ4v) is 2.92. The molecule has 17 heavy (non-hydrogen) atoms. The molecule has 4 heteroatoms. The number of hydrogen-bond acceptors (Lipinski definition) is 4. The maximum absolute atomic E-state index is 5.20. The first-order valence-corrected chi connectivity index (χ1v) is 7.11. The lowest BCUT2D eigenvalue weighted by molar-refractivity contribution is 0.160. The first-order chi connectivity index (χ1) is 8.03. The van der Waals surface area contributed by atoms with Crippen molar-refractivity contribution in [3.63, 3.8) is 0 Å². The van der Waals surface area contributed by atoms with Gasteiger partial charge >= 0.3 is 0 Å². The molecule has 1 unspecified atom stereocenters. The molecule has 0 radical (unpaired) electrons. The molecule has 98 valence electrons. The van der Waals surface area contributed by atoms with Crippen LogP contribution in [0.25, 0.3) is 0 Å². The molecule has 1 N–H and O–H groups in total. The molecule has 1 aromatic rings. The Bertz CT molecular complexity index is 338. The van der Waals surface area contributed by atoms with E-state index in [2.05, 4.69) is 38.4 Å². The molecule has 1 heterocycles. The molecule has 1 aromatic heterocycles. The lowest BCUT2D eigenvalue weighted by Crippen LogP contribution is -2.40. The third-order valence-electron chi connectivity index (χ3n) is 2.96. The predicted molar refractivity (Wildman–Crippen MR) is 73.7 cm³/mol. The van der Waals surface area contributed by atoms with Crippen LogP contribution in [-0.4, -0.2) is 25.2 Å². The maximum atomic E-state index is 5.20. The lowest BCUT2D eigenvalue weighted by atomic mass is 9.99. The van der Waals surface area contributed by atoms with Gasteiger partial charge in [-0.15, -0.1) is 11.3 Å². The molecule has 0 spiro atoms. The molecular weight excluding hydrogens is 232 g/mol. The second-order valence-corrected chi connectivity index (χ2v) is 5.70. The average Bonchev–Trinajstić information content (AvgIpc) is 2.76. The van der Waals surface area contributed by atoms with Gasteiger partial charge in [-0.1, -0.05) is 20.8 Å². The number of nitrogens with zero attached hydrogens (tertiary/aromatic N) is 1. The van der Waals surface area contributed by atoms with Gasteiger partial charge in [0, 0.05) is 19.1 Å². The fraction of sp³-hybridized carbons (Fsp3) is 0.769. The molecule has 0 aromatic carbocycles. The average molecular weight is 256 g/mol. The normalized spacial score (nSPS) is 15.2. The third-order valence-corrected chi connectivity index (χ3v) is 4.08. The van der Waals surface area contributed by atoms with Crippen LogP contribution in [0.4, 0.5) is 0 Å². The predicted octanol–water partition coefficient (Wildman–Crippen LogP) is 3.13. The Morgan fingerprint density at radius 1 is 1.53 bits per heavy atom. The number of nitrogens with one attached hydrogen (secondary N) is 1. The summed E-state index contributed by atoms with van der Waals surface area (Å²) in [4.78, 5) is 4.75. The van der Waals surface area contributed by atoms with Gasteiger partial charge in [-0.05, 0) is 25.8 Å². The van der Waals surface area contributed by atoms with E-state index in [1.54, 1.807) is 18.4 Å². The molecule has 1 rings (SSSR count). The monoisotopic (exact) mass is 256 g/mol. The van der Waals surface area contributed by atoms with Crippen molar-refractivity contribution >= 4 is 11.3 Å². The van der Waals surface area contributed by atoms with Crippen molar-refractivity contribution < 1.29 is 4.74 Å². The fourth-order valence-electron chi connectivity index (χ4n) is 1.77. The number of thiazole rings is 1. The van der Waals surface area contributed by atoms with Crippen LogP contribution >= 0.6 is 11.3 Å². The highest BCUT2D eigenvalue weighted by molar-refractivity contribution is 7.09. The van der Waals surface area contributed by atoms with Crippen LogP contribution < -0.4 is 5.32 Å². The highest BCUT2D eigenvalue weighted by Crippen LogP contribution is 2.29. The molecule has 1 atom stereocenters. The molecule has 0 aliphatic rings. The Labute approximate surface area is 109 Å². The minimum absolute atomic E-state index is 0.0669. The van der Waals surface area contributed by atoms with Crippen molar-refractivity contribution in [3.05, 3.63) is 16.1 Å². The lowest BCUT2D eigenvalue weighted by Gasteiger charge is -2.28. The van der Waals surface area contributed by atoms with E-state index in [1.807, 2.05) is 0 Å². The summed E-state index contributed by atoms with van der Waals surface area (Å²) in [6.07, 6.45) is 0.947. The Morgan fingerprint density at radius 2 is 2.24 bits per heavy atom. The van der Waals surface area contributed by atoms with E-state index in [1.165, 1.54) is 10.7 Å². The van der Waals surface area contributed by atoms with Gasteiger partial charge in [0.1, 0.15) is 5.01 Å². The Morgan fingerprint density at radius 3 is 2.71 bits per heavy atom. The molecular formula is C13H24N2OS.